The van der Waals surface area contributed by atoms with Gasteiger partial charge in [-0.15, -0.1) is 11.3 Å². The quantitative estimate of drug-likeness (QED) is 0.212. The predicted octanol–water partition coefficient (Wildman–Crippen LogP) is 12.0. The first-order valence-corrected chi connectivity index (χ1v) is 15.1. The smallest absolute Gasteiger partial charge is 0.135 e. The van der Waals surface area contributed by atoms with Gasteiger partial charge in [-0.1, -0.05) is 121 Å². The zero-order chi connectivity index (χ0) is 27.6. The molecule has 1 nitrogen and oxygen atoms in total. The number of para-hydroxylation sites is 1. The molecule has 2 heterocycles. The number of rotatable bonds is 3. The second-order valence-corrected chi connectivity index (χ2v) is 11.9. The number of benzene rings is 7. The van der Waals surface area contributed by atoms with Gasteiger partial charge in [-0.25, -0.2) is 0 Å². The molecule has 0 saturated carbocycles. The lowest BCUT2D eigenvalue weighted by molar-refractivity contribution is 0.487. The maximum Gasteiger partial charge on any atom is 0.135 e. The zero-order valence-corrected chi connectivity index (χ0v) is 23.5. The molecule has 0 amide bonds. The highest BCUT2D eigenvalue weighted by molar-refractivity contribution is 7.25. The first-order chi connectivity index (χ1) is 20.8. The van der Waals surface area contributed by atoms with E-state index in [1.807, 2.05) is 17.4 Å². The number of ether oxygens (including phenoxy) is 1. The molecular formula is C40H24OS. The molecule has 1 aliphatic rings. The van der Waals surface area contributed by atoms with Crippen molar-refractivity contribution in [1.82, 2.24) is 0 Å². The summed E-state index contributed by atoms with van der Waals surface area (Å²) in [5, 5.41) is 5.03. The lowest BCUT2D eigenvalue weighted by Gasteiger charge is -2.23. The normalized spacial score (nSPS) is 12.0. The highest BCUT2D eigenvalue weighted by atomic mass is 32.1. The van der Waals surface area contributed by atoms with E-state index in [1.54, 1.807) is 0 Å². The molecule has 8 aromatic rings. The van der Waals surface area contributed by atoms with E-state index >= 15 is 0 Å². The Morgan fingerprint density at radius 2 is 0.833 bits per heavy atom. The Labute approximate surface area is 247 Å². The van der Waals surface area contributed by atoms with Crippen molar-refractivity contribution in [2.45, 2.75) is 0 Å². The highest BCUT2D eigenvalue weighted by Gasteiger charge is 2.22. The van der Waals surface area contributed by atoms with Gasteiger partial charge in [0.1, 0.15) is 11.5 Å². The first kappa shape index (κ1) is 23.5. The monoisotopic (exact) mass is 552 g/mol. The molecule has 1 aromatic heterocycles. The summed E-state index contributed by atoms with van der Waals surface area (Å²) in [5.74, 6) is 1.83. The van der Waals surface area contributed by atoms with E-state index in [9.17, 15) is 0 Å². The molecule has 0 aliphatic carbocycles. The largest absolute Gasteiger partial charge is 0.456 e. The van der Waals surface area contributed by atoms with Gasteiger partial charge >= 0.3 is 0 Å². The lowest BCUT2D eigenvalue weighted by Crippen LogP contribution is -1.98. The van der Waals surface area contributed by atoms with Crippen molar-refractivity contribution < 1.29 is 4.74 Å². The van der Waals surface area contributed by atoms with Crippen molar-refractivity contribution in [2.75, 3.05) is 0 Å². The molecule has 0 spiro atoms. The molecule has 196 valence electrons. The molecular weight excluding hydrogens is 529 g/mol. The summed E-state index contributed by atoms with van der Waals surface area (Å²) in [6.45, 7) is 0. The van der Waals surface area contributed by atoms with Crippen molar-refractivity contribution in [3.8, 4) is 56.0 Å². The fraction of sp³-hybridized carbons (Fsp3) is 0. The van der Waals surface area contributed by atoms with Crippen LogP contribution in [0.4, 0.5) is 0 Å². The Hall–Kier alpha value is -5.18. The van der Waals surface area contributed by atoms with Crippen LogP contribution in [0.5, 0.6) is 11.5 Å². The van der Waals surface area contributed by atoms with E-state index in [0.29, 0.717) is 0 Å². The van der Waals surface area contributed by atoms with Crippen molar-refractivity contribution in [3.63, 3.8) is 0 Å². The summed E-state index contributed by atoms with van der Waals surface area (Å²) in [6.07, 6.45) is 0. The van der Waals surface area contributed by atoms with Crippen LogP contribution in [0.25, 0.3) is 75.5 Å². The van der Waals surface area contributed by atoms with E-state index in [2.05, 4.69) is 140 Å². The molecule has 0 bridgehead atoms. The molecule has 9 rings (SSSR count). The van der Waals surface area contributed by atoms with Crippen molar-refractivity contribution in [1.29, 1.82) is 0 Å². The van der Waals surface area contributed by atoms with Gasteiger partial charge in [-0.3, -0.25) is 0 Å². The molecule has 7 aromatic carbocycles. The topological polar surface area (TPSA) is 9.23 Å². The van der Waals surface area contributed by atoms with Crippen LogP contribution in [0, 0.1) is 0 Å². The molecule has 42 heavy (non-hydrogen) atoms. The fourth-order valence-electron chi connectivity index (χ4n) is 6.72. The van der Waals surface area contributed by atoms with Crippen molar-refractivity contribution in [3.05, 3.63) is 146 Å². The third-order valence-corrected chi connectivity index (χ3v) is 9.66. The van der Waals surface area contributed by atoms with Crippen LogP contribution < -0.4 is 4.74 Å². The maximum absolute atomic E-state index is 6.40. The second-order valence-electron chi connectivity index (χ2n) is 10.8. The lowest BCUT2D eigenvalue weighted by atomic mass is 9.85. The van der Waals surface area contributed by atoms with Crippen LogP contribution in [-0.4, -0.2) is 0 Å². The van der Waals surface area contributed by atoms with Gasteiger partial charge in [-0.2, -0.15) is 0 Å². The number of thiophene rings is 1. The average Bonchev–Trinajstić information content (AvgIpc) is 3.44. The van der Waals surface area contributed by atoms with E-state index in [1.165, 1.54) is 69.9 Å². The number of fused-ring (bicyclic) bond motifs is 5. The molecule has 0 fully saturated rings. The van der Waals surface area contributed by atoms with E-state index in [0.717, 1.165) is 17.1 Å². The first-order valence-electron chi connectivity index (χ1n) is 14.3. The third kappa shape index (κ3) is 3.43. The average molecular weight is 553 g/mol. The standard InChI is InChI=1S/C40H24OS/c1-2-13-27(29-23-24-36-39-31(29)17-9-18-33(39)30-15-5-7-20-35(30)41-36)25(11-1)26-12-3-4-14-28(26)32-19-10-22-38-40(32)34-16-6-8-21-37(34)42-38/h1-24H. The second kappa shape index (κ2) is 9.17. The van der Waals surface area contributed by atoms with Crippen molar-refractivity contribution in [2.24, 2.45) is 0 Å². The van der Waals surface area contributed by atoms with E-state index < -0.39 is 0 Å². The van der Waals surface area contributed by atoms with Gasteiger partial charge < -0.3 is 4.74 Å². The van der Waals surface area contributed by atoms with Crippen molar-refractivity contribution >= 4 is 42.3 Å². The molecule has 2 heteroatoms. The molecule has 0 unspecified atom stereocenters. The summed E-state index contributed by atoms with van der Waals surface area (Å²) < 4.78 is 9.05. The van der Waals surface area contributed by atoms with Crippen LogP contribution in [0.1, 0.15) is 0 Å². The maximum atomic E-state index is 6.40. The van der Waals surface area contributed by atoms with Gasteiger partial charge in [-0.05, 0) is 68.6 Å². The van der Waals surface area contributed by atoms with Crippen LogP contribution in [-0.2, 0) is 0 Å². The van der Waals surface area contributed by atoms with Crippen LogP contribution >= 0.6 is 11.3 Å². The highest BCUT2D eigenvalue weighted by Crippen LogP contribution is 2.50. The Kier molecular flexibility index (Phi) is 5.13. The minimum absolute atomic E-state index is 0.912. The Bertz CT molecular complexity index is 2340. The van der Waals surface area contributed by atoms with Gasteiger partial charge in [0.15, 0.2) is 0 Å². The molecule has 0 atom stereocenters. The number of hydrogen-bond donors (Lipinski definition) is 0. The summed E-state index contributed by atoms with van der Waals surface area (Å²) in [7, 11) is 0. The Morgan fingerprint density at radius 3 is 1.62 bits per heavy atom. The molecule has 0 radical (unpaired) electrons. The summed E-state index contributed by atoms with van der Waals surface area (Å²) in [6, 6.07) is 52.5. The van der Waals surface area contributed by atoms with Gasteiger partial charge in [0.25, 0.3) is 0 Å². The van der Waals surface area contributed by atoms with Crippen LogP contribution in [0.2, 0.25) is 0 Å². The van der Waals surface area contributed by atoms with Gasteiger partial charge in [0.2, 0.25) is 0 Å². The Balaban J connectivity index is 1.29. The summed E-state index contributed by atoms with van der Waals surface area (Å²) >= 11 is 1.87. The van der Waals surface area contributed by atoms with Crippen LogP contribution in [0.3, 0.4) is 0 Å². The zero-order valence-electron chi connectivity index (χ0n) is 22.7. The molecule has 1 aliphatic heterocycles. The van der Waals surface area contributed by atoms with Crippen LogP contribution in [0.15, 0.2) is 146 Å². The van der Waals surface area contributed by atoms with Gasteiger partial charge in [0.05, 0.1) is 0 Å². The summed E-state index contributed by atoms with van der Waals surface area (Å²) in [5.41, 5.74) is 9.78. The minimum Gasteiger partial charge on any atom is -0.456 e. The Morgan fingerprint density at radius 1 is 0.310 bits per heavy atom. The summed E-state index contributed by atoms with van der Waals surface area (Å²) in [4.78, 5) is 0. The SMILES string of the molecule is c1ccc2c(c1)Oc1ccc(-c3ccccc3-c3ccccc3-c3cccc4sc5ccccc5c34)c3cccc-2c13. The predicted molar refractivity (Wildman–Crippen MR) is 179 cm³/mol. The molecule has 0 N–H and O–H groups in total. The minimum atomic E-state index is 0.912. The molecule has 0 saturated heterocycles. The number of hydrogen-bond acceptors (Lipinski definition) is 2. The fourth-order valence-corrected chi connectivity index (χ4v) is 7.85. The third-order valence-electron chi connectivity index (χ3n) is 8.53. The van der Waals surface area contributed by atoms with Gasteiger partial charge in [0, 0.05) is 31.1 Å². The van der Waals surface area contributed by atoms with E-state index in [4.69, 9.17) is 4.74 Å². The van der Waals surface area contributed by atoms with E-state index in [-0.39, 0.29) is 0 Å².